The number of hydrazone groups is 1. The van der Waals surface area contributed by atoms with Crippen LogP contribution in [0.1, 0.15) is 17.0 Å². The SMILES string of the molecule is Cc1cc(/C=N\Nc2ccc([N+](=O)[O-])cc2[N+](=O)[O-])c(C)n1-c1ccc(-c2ccc([N+](=O)[O-])cc2)cc1. The van der Waals surface area contributed by atoms with Crippen molar-refractivity contribution in [1.82, 2.24) is 4.57 Å². The van der Waals surface area contributed by atoms with Gasteiger partial charge in [-0.05, 0) is 61.4 Å². The van der Waals surface area contributed by atoms with Crippen molar-refractivity contribution < 1.29 is 14.8 Å². The number of anilines is 1. The first-order chi connectivity index (χ1) is 17.7. The Morgan fingerprint density at radius 3 is 1.89 bits per heavy atom. The minimum absolute atomic E-state index is 0.0301. The fraction of sp³-hybridized carbons (Fsp3) is 0.0800. The van der Waals surface area contributed by atoms with Gasteiger partial charge in [0.1, 0.15) is 5.69 Å². The lowest BCUT2D eigenvalue weighted by Crippen LogP contribution is -2.00. The quantitative estimate of drug-likeness (QED) is 0.178. The Labute approximate surface area is 209 Å². The molecule has 0 aliphatic rings. The zero-order valence-electron chi connectivity index (χ0n) is 19.7. The molecular weight excluding hydrogens is 480 g/mol. The van der Waals surface area contributed by atoms with Crippen LogP contribution in [0.25, 0.3) is 16.8 Å². The Hall–Kier alpha value is -5.39. The van der Waals surface area contributed by atoms with Crippen molar-refractivity contribution in [2.45, 2.75) is 13.8 Å². The highest BCUT2D eigenvalue weighted by Gasteiger charge is 2.19. The smallest absolute Gasteiger partial charge is 0.301 e. The van der Waals surface area contributed by atoms with Gasteiger partial charge in [0.05, 0.1) is 27.1 Å². The van der Waals surface area contributed by atoms with Crippen LogP contribution in [-0.2, 0) is 0 Å². The van der Waals surface area contributed by atoms with Gasteiger partial charge in [0, 0.05) is 40.8 Å². The molecule has 4 aromatic rings. The summed E-state index contributed by atoms with van der Waals surface area (Å²) in [7, 11) is 0. The molecule has 0 bridgehead atoms. The molecule has 3 aromatic carbocycles. The lowest BCUT2D eigenvalue weighted by molar-refractivity contribution is -0.393. The van der Waals surface area contributed by atoms with Gasteiger partial charge in [-0.3, -0.25) is 35.8 Å². The number of aryl methyl sites for hydroxylation is 1. The molecule has 1 aromatic heterocycles. The highest BCUT2D eigenvalue weighted by molar-refractivity contribution is 5.83. The Kier molecular flexibility index (Phi) is 6.73. The molecule has 12 heteroatoms. The normalized spacial score (nSPS) is 11.0. The van der Waals surface area contributed by atoms with E-state index in [9.17, 15) is 30.3 Å². The van der Waals surface area contributed by atoms with E-state index in [1.54, 1.807) is 12.1 Å². The first-order valence-electron chi connectivity index (χ1n) is 10.9. The maximum atomic E-state index is 11.3. The summed E-state index contributed by atoms with van der Waals surface area (Å²) in [6.07, 6.45) is 1.52. The summed E-state index contributed by atoms with van der Waals surface area (Å²) in [5.74, 6) is 0. The first kappa shape index (κ1) is 24.7. The molecule has 0 aliphatic carbocycles. The van der Waals surface area contributed by atoms with Crippen LogP contribution in [-0.4, -0.2) is 25.6 Å². The number of nitrogens with one attached hydrogen (secondary N) is 1. The average Bonchev–Trinajstić information content (AvgIpc) is 3.16. The van der Waals surface area contributed by atoms with Crippen LogP contribution in [0.2, 0.25) is 0 Å². The lowest BCUT2D eigenvalue weighted by Gasteiger charge is -2.11. The number of rotatable bonds is 8. The van der Waals surface area contributed by atoms with E-state index in [1.807, 2.05) is 48.7 Å². The van der Waals surface area contributed by atoms with Crippen LogP contribution in [0, 0.1) is 44.2 Å². The van der Waals surface area contributed by atoms with Gasteiger partial charge < -0.3 is 4.57 Å². The largest absolute Gasteiger partial charge is 0.318 e. The predicted molar refractivity (Wildman–Crippen MR) is 138 cm³/mol. The molecule has 0 spiro atoms. The highest BCUT2D eigenvalue weighted by Crippen LogP contribution is 2.29. The topological polar surface area (TPSA) is 159 Å². The Bertz CT molecular complexity index is 1540. The molecule has 0 fully saturated rings. The van der Waals surface area contributed by atoms with Crippen LogP contribution in [0.15, 0.2) is 77.9 Å². The van der Waals surface area contributed by atoms with E-state index >= 15 is 0 Å². The average molecular weight is 500 g/mol. The van der Waals surface area contributed by atoms with Crippen LogP contribution in [0.5, 0.6) is 0 Å². The van der Waals surface area contributed by atoms with E-state index in [2.05, 4.69) is 10.5 Å². The second-order valence-electron chi connectivity index (χ2n) is 8.10. The van der Waals surface area contributed by atoms with Crippen LogP contribution >= 0.6 is 0 Å². The van der Waals surface area contributed by atoms with Crippen molar-refractivity contribution in [2.75, 3.05) is 5.43 Å². The van der Waals surface area contributed by atoms with Crippen molar-refractivity contribution in [2.24, 2.45) is 5.10 Å². The molecular formula is C25H20N6O6. The summed E-state index contributed by atoms with van der Waals surface area (Å²) in [5, 5.41) is 37.2. The summed E-state index contributed by atoms with van der Waals surface area (Å²) in [5.41, 5.74) is 7.08. The van der Waals surface area contributed by atoms with Gasteiger partial charge in [-0.15, -0.1) is 0 Å². The van der Waals surface area contributed by atoms with Crippen molar-refractivity contribution in [3.8, 4) is 16.8 Å². The second-order valence-corrected chi connectivity index (χ2v) is 8.10. The van der Waals surface area contributed by atoms with Gasteiger partial charge in [0.25, 0.3) is 11.4 Å². The molecule has 0 amide bonds. The molecule has 0 saturated heterocycles. The molecule has 0 unspecified atom stereocenters. The van der Waals surface area contributed by atoms with Crippen molar-refractivity contribution >= 4 is 29.0 Å². The maximum Gasteiger partial charge on any atom is 0.301 e. The minimum atomic E-state index is -0.711. The van der Waals surface area contributed by atoms with Crippen molar-refractivity contribution in [3.05, 3.63) is 120 Å². The van der Waals surface area contributed by atoms with E-state index in [0.717, 1.165) is 45.9 Å². The van der Waals surface area contributed by atoms with Crippen LogP contribution in [0.3, 0.4) is 0 Å². The van der Waals surface area contributed by atoms with Gasteiger partial charge in [-0.1, -0.05) is 12.1 Å². The first-order valence-corrected chi connectivity index (χ1v) is 10.9. The van der Waals surface area contributed by atoms with Crippen LogP contribution < -0.4 is 5.43 Å². The lowest BCUT2D eigenvalue weighted by atomic mass is 10.0. The monoisotopic (exact) mass is 500 g/mol. The molecule has 4 rings (SSSR count). The molecule has 0 radical (unpaired) electrons. The Morgan fingerprint density at radius 2 is 1.32 bits per heavy atom. The summed E-state index contributed by atoms with van der Waals surface area (Å²) in [6.45, 7) is 3.84. The number of hydrogen-bond donors (Lipinski definition) is 1. The van der Waals surface area contributed by atoms with E-state index in [4.69, 9.17) is 0 Å². The molecule has 1 heterocycles. The van der Waals surface area contributed by atoms with Crippen molar-refractivity contribution in [3.63, 3.8) is 0 Å². The van der Waals surface area contributed by atoms with Crippen LogP contribution in [0.4, 0.5) is 22.7 Å². The van der Waals surface area contributed by atoms with Gasteiger partial charge >= 0.3 is 5.69 Å². The molecule has 12 nitrogen and oxygen atoms in total. The standard InChI is InChI=1S/C25H20N6O6/c1-16-13-20(15-26-27-24-12-11-23(30(34)35)14-25(24)31(36)37)17(2)28(16)21-7-3-18(4-8-21)19-5-9-22(10-6-19)29(32)33/h3-15,27H,1-2H3/b26-15-. The molecule has 0 atom stereocenters. The number of nitro groups is 3. The number of benzene rings is 3. The van der Waals surface area contributed by atoms with E-state index in [0.29, 0.717) is 0 Å². The molecule has 1 N–H and O–H groups in total. The zero-order chi connectivity index (χ0) is 26.7. The summed E-state index contributed by atoms with van der Waals surface area (Å²) in [4.78, 5) is 31.2. The molecule has 0 saturated carbocycles. The summed E-state index contributed by atoms with van der Waals surface area (Å²) >= 11 is 0. The van der Waals surface area contributed by atoms with Gasteiger partial charge in [0.15, 0.2) is 0 Å². The van der Waals surface area contributed by atoms with E-state index in [1.165, 1.54) is 24.4 Å². The highest BCUT2D eigenvalue weighted by atomic mass is 16.6. The van der Waals surface area contributed by atoms with Gasteiger partial charge in [-0.25, -0.2) is 0 Å². The number of nitro benzene ring substituents is 3. The number of aromatic nitrogens is 1. The summed E-state index contributed by atoms with van der Waals surface area (Å²) < 4.78 is 2.02. The van der Waals surface area contributed by atoms with Gasteiger partial charge in [0.2, 0.25) is 0 Å². The number of hydrogen-bond acceptors (Lipinski definition) is 8. The second kappa shape index (κ2) is 10.1. The molecule has 37 heavy (non-hydrogen) atoms. The number of non-ortho nitro benzene ring substituents is 2. The molecule has 0 aliphatic heterocycles. The fourth-order valence-electron chi connectivity index (χ4n) is 3.94. The van der Waals surface area contributed by atoms with E-state index in [-0.39, 0.29) is 17.1 Å². The summed E-state index contributed by atoms with van der Waals surface area (Å²) in [6, 6.07) is 19.3. The number of nitrogens with zero attached hydrogens (tertiary/aromatic N) is 5. The fourth-order valence-corrected chi connectivity index (χ4v) is 3.94. The van der Waals surface area contributed by atoms with Gasteiger partial charge in [-0.2, -0.15) is 5.10 Å². The third-order valence-corrected chi connectivity index (χ3v) is 5.78. The predicted octanol–water partition coefficient (Wildman–Crippen LogP) is 5.93. The third kappa shape index (κ3) is 5.17. The Morgan fingerprint density at radius 1 is 0.757 bits per heavy atom. The van der Waals surface area contributed by atoms with E-state index < -0.39 is 20.5 Å². The Balaban J connectivity index is 1.55. The maximum absolute atomic E-state index is 11.3. The van der Waals surface area contributed by atoms with Crippen molar-refractivity contribution in [1.29, 1.82) is 0 Å². The minimum Gasteiger partial charge on any atom is -0.318 e. The molecule has 186 valence electrons. The third-order valence-electron chi connectivity index (χ3n) is 5.78. The zero-order valence-corrected chi connectivity index (χ0v) is 19.7.